The van der Waals surface area contributed by atoms with Crippen molar-refractivity contribution in [2.24, 2.45) is 0 Å². The maximum Gasteiger partial charge on any atom is 0.145 e. The molecule has 5 heteroatoms. The Morgan fingerprint density at radius 3 is 2.62 bits per heavy atom. The van der Waals surface area contributed by atoms with Crippen LogP contribution in [0.5, 0.6) is 0 Å². The molecule has 3 nitrogen and oxygen atoms in total. The fraction of sp³-hybridized carbons (Fsp3) is 0.0909. The fourth-order valence-electron chi connectivity index (χ4n) is 1.01. The molecule has 0 fully saturated rings. The number of rotatable bonds is 2. The number of benzene rings is 1. The average molecular weight is 327 g/mol. The lowest BCUT2D eigenvalue weighted by Crippen LogP contribution is -1.96. The summed E-state index contributed by atoms with van der Waals surface area (Å²) in [4.78, 5) is 0. The molecule has 0 heterocycles. The number of nitrogens with zero attached hydrogens (tertiary/aromatic N) is 2. The molecule has 0 saturated heterocycles. The maximum absolute atomic E-state index is 13.1. The van der Waals surface area contributed by atoms with Gasteiger partial charge in [0.15, 0.2) is 0 Å². The van der Waals surface area contributed by atoms with Crippen molar-refractivity contribution in [1.82, 2.24) is 0 Å². The molecule has 0 bridgehead atoms. The molecule has 0 aliphatic heterocycles. The summed E-state index contributed by atoms with van der Waals surface area (Å²) in [6.45, 7) is 1.67. The second-order valence-electron chi connectivity index (χ2n) is 2.96. The van der Waals surface area contributed by atoms with Crippen LogP contribution in [0.4, 0.5) is 10.1 Å². The largest absolute Gasteiger partial charge is 0.359 e. The number of nitrogens with one attached hydrogen (secondary N) is 1. The summed E-state index contributed by atoms with van der Waals surface area (Å²) in [5, 5.41) is 19.9. The molecule has 1 N–H and O–H groups in total. The Kier molecular flexibility index (Phi) is 4.27. The number of halogens is 2. The Bertz CT molecular complexity index is 507. The van der Waals surface area contributed by atoms with Gasteiger partial charge in [0.05, 0.1) is 5.69 Å². The molecule has 80 valence electrons. The van der Waals surface area contributed by atoms with E-state index in [1.54, 1.807) is 25.1 Å². The SMILES string of the molecule is Cc1c(F)ccc(NC=C(C#N)C#N)c1I. The van der Waals surface area contributed by atoms with Crippen LogP contribution in [-0.4, -0.2) is 0 Å². The zero-order valence-corrected chi connectivity index (χ0v) is 10.5. The molecule has 0 aromatic heterocycles. The van der Waals surface area contributed by atoms with Crippen molar-refractivity contribution in [3.63, 3.8) is 0 Å². The third-order valence-corrected chi connectivity index (χ3v) is 3.32. The van der Waals surface area contributed by atoms with E-state index in [0.717, 1.165) is 3.57 Å². The van der Waals surface area contributed by atoms with Crippen LogP contribution in [-0.2, 0) is 0 Å². The summed E-state index contributed by atoms with van der Waals surface area (Å²) >= 11 is 2.00. The van der Waals surface area contributed by atoms with Crippen molar-refractivity contribution in [2.75, 3.05) is 5.32 Å². The number of nitriles is 2. The van der Waals surface area contributed by atoms with Gasteiger partial charge in [-0.25, -0.2) is 4.39 Å². The van der Waals surface area contributed by atoms with Crippen LogP contribution in [0.25, 0.3) is 0 Å². The molecule has 0 aliphatic rings. The van der Waals surface area contributed by atoms with E-state index < -0.39 is 0 Å². The lowest BCUT2D eigenvalue weighted by atomic mass is 10.2. The molecule has 0 aliphatic carbocycles. The topological polar surface area (TPSA) is 59.6 Å². The zero-order chi connectivity index (χ0) is 12.1. The van der Waals surface area contributed by atoms with Gasteiger partial charge in [0, 0.05) is 15.3 Å². The Labute approximate surface area is 106 Å². The van der Waals surface area contributed by atoms with E-state index in [4.69, 9.17) is 10.5 Å². The van der Waals surface area contributed by atoms with Crippen molar-refractivity contribution < 1.29 is 4.39 Å². The fourth-order valence-corrected chi connectivity index (χ4v) is 1.61. The first-order valence-corrected chi connectivity index (χ1v) is 5.39. The predicted octanol–water partition coefficient (Wildman–Crippen LogP) is 3.08. The van der Waals surface area contributed by atoms with Crippen LogP contribution in [0.1, 0.15) is 5.56 Å². The van der Waals surface area contributed by atoms with E-state index in [9.17, 15) is 4.39 Å². The first kappa shape index (κ1) is 12.5. The summed E-state index contributed by atoms with van der Waals surface area (Å²) < 4.78 is 13.9. The molecule has 0 spiro atoms. The van der Waals surface area contributed by atoms with E-state index in [1.807, 2.05) is 22.6 Å². The van der Waals surface area contributed by atoms with Gasteiger partial charge in [-0.3, -0.25) is 0 Å². The van der Waals surface area contributed by atoms with Crippen molar-refractivity contribution in [2.45, 2.75) is 6.92 Å². The van der Waals surface area contributed by atoms with Crippen LogP contribution in [0.2, 0.25) is 0 Å². The lowest BCUT2D eigenvalue weighted by Gasteiger charge is -2.07. The minimum absolute atomic E-state index is 0.0298. The third kappa shape index (κ3) is 2.71. The summed E-state index contributed by atoms with van der Waals surface area (Å²) in [7, 11) is 0. The molecule has 0 amide bonds. The van der Waals surface area contributed by atoms with E-state index >= 15 is 0 Å². The normalized spacial score (nSPS) is 8.81. The minimum atomic E-state index is -0.278. The highest BCUT2D eigenvalue weighted by Crippen LogP contribution is 2.24. The van der Waals surface area contributed by atoms with Crippen LogP contribution in [0.3, 0.4) is 0 Å². The summed E-state index contributed by atoms with van der Waals surface area (Å²) in [5.41, 5.74) is 1.18. The monoisotopic (exact) mass is 327 g/mol. The first-order valence-electron chi connectivity index (χ1n) is 4.31. The average Bonchev–Trinajstić information content (AvgIpc) is 2.30. The van der Waals surface area contributed by atoms with E-state index in [1.165, 1.54) is 12.3 Å². The van der Waals surface area contributed by atoms with E-state index in [0.29, 0.717) is 11.3 Å². The maximum atomic E-state index is 13.1. The molecule has 0 unspecified atom stereocenters. The Balaban J connectivity index is 3.02. The van der Waals surface area contributed by atoms with Gasteiger partial charge in [0.2, 0.25) is 0 Å². The summed E-state index contributed by atoms with van der Waals surface area (Å²) in [5.74, 6) is -0.278. The molecule has 1 aromatic carbocycles. The third-order valence-electron chi connectivity index (χ3n) is 1.93. The van der Waals surface area contributed by atoms with Gasteiger partial charge < -0.3 is 5.32 Å². The molecule has 1 rings (SSSR count). The van der Waals surface area contributed by atoms with Crippen LogP contribution in [0.15, 0.2) is 23.9 Å². The van der Waals surface area contributed by atoms with Crippen molar-refractivity contribution in [1.29, 1.82) is 10.5 Å². The predicted molar refractivity (Wildman–Crippen MR) is 66.8 cm³/mol. The molecule has 0 radical (unpaired) electrons. The highest BCUT2D eigenvalue weighted by atomic mass is 127. The standard InChI is InChI=1S/C11H7FIN3/c1-7-9(12)2-3-10(11(7)13)16-6-8(4-14)5-15/h2-3,6,16H,1H3. The van der Waals surface area contributed by atoms with Gasteiger partial charge in [0.25, 0.3) is 0 Å². The van der Waals surface area contributed by atoms with Gasteiger partial charge >= 0.3 is 0 Å². The zero-order valence-electron chi connectivity index (χ0n) is 8.38. The van der Waals surface area contributed by atoms with Crippen LogP contribution >= 0.6 is 22.6 Å². The summed E-state index contributed by atoms with van der Waals surface area (Å²) in [6.07, 6.45) is 1.30. The van der Waals surface area contributed by atoms with Crippen LogP contribution in [0, 0.1) is 39.0 Å². The number of anilines is 1. The molecular weight excluding hydrogens is 320 g/mol. The van der Waals surface area contributed by atoms with E-state index in [-0.39, 0.29) is 11.4 Å². The van der Waals surface area contributed by atoms with Gasteiger partial charge in [-0.1, -0.05) is 0 Å². The number of hydrogen-bond donors (Lipinski definition) is 1. The second kappa shape index (κ2) is 5.47. The van der Waals surface area contributed by atoms with Crippen molar-refractivity contribution >= 4 is 28.3 Å². The number of allylic oxidation sites excluding steroid dienone is 1. The van der Waals surface area contributed by atoms with Gasteiger partial charge in [-0.2, -0.15) is 10.5 Å². The van der Waals surface area contributed by atoms with E-state index in [2.05, 4.69) is 5.32 Å². The molecule has 1 aromatic rings. The smallest absolute Gasteiger partial charge is 0.145 e. The molecule has 0 saturated carbocycles. The number of hydrogen-bond acceptors (Lipinski definition) is 3. The molecule has 16 heavy (non-hydrogen) atoms. The second-order valence-corrected chi connectivity index (χ2v) is 4.04. The lowest BCUT2D eigenvalue weighted by molar-refractivity contribution is 0.617. The van der Waals surface area contributed by atoms with Crippen LogP contribution < -0.4 is 5.32 Å². The highest BCUT2D eigenvalue weighted by Gasteiger charge is 2.06. The molecular formula is C11H7FIN3. The Hall–Kier alpha value is -1.60. The van der Waals surface area contributed by atoms with Crippen molar-refractivity contribution in [3.05, 3.63) is 38.9 Å². The summed E-state index contributed by atoms with van der Waals surface area (Å²) in [6, 6.07) is 6.36. The first-order chi connectivity index (χ1) is 7.60. The van der Waals surface area contributed by atoms with Gasteiger partial charge in [-0.05, 0) is 41.6 Å². The quantitative estimate of drug-likeness (QED) is 0.671. The Morgan fingerprint density at radius 1 is 1.44 bits per heavy atom. The van der Waals surface area contributed by atoms with Crippen molar-refractivity contribution in [3.8, 4) is 12.1 Å². The Morgan fingerprint density at radius 2 is 2.06 bits per heavy atom. The molecule has 0 atom stereocenters. The van der Waals surface area contributed by atoms with Gasteiger partial charge in [0.1, 0.15) is 23.5 Å². The minimum Gasteiger partial charge on any atom is -0.359 e. The highest BCUT2D eigenvalue weighted by molar-refractivity contribution is 14.1. The van der Waals surface area contributed by atoms with Gasteiger partial charge in [-0.15, -0.1) is 0 Å².